The second-order valence-electron chi connectivity index (χ2n) is 3.06. The molecule has 0 aromatic rings. The summed E-state index contributed by atoms with van der Waals surface area (Å²) in [7, 11) is 0. The lowest BCUT2D eigenvalue weighted by Gasteiger charge is -2.01. The van der Waals surface area contributed by atoms with Gasteiger partial charge in [0.1, 0.15) is 6.10 Å². The Morgan fingerprint density at radius 2 is 1.73 bits per heavy atom. The third-order valence-electron chi connectivity index (χ3n) is 1.81. The van der Waals surface area contributed by atoms with Crippen LogP contribution in [0.5, 0.6) is 0 Å². The molecule has 0 amide bonds. The van der Waals surface area contributed by atoms with Crippen LogP contribution in [0.1, 0.15) is 47.0 Å². The van der Waals surface area contributed by atoms with Crippen molar-refractivity contribution in [3.8, 4) is 0 Å². The summed E-state index contributed by atoms with van der Waals surface area (Å²) in [5.74, 6) is 0.134. The Bertz CT molecular complexity index is 207. The highest BCUT2D eigenvalue weighted by atomic mass is 16.3. The number of hydrogen-bond donors (Lipinski definition) is 1. The second-order valence-corrected chi connectivity index (χ2v) is 3.06. The van der Waals surface area contributed by atoms with Gasteiger partial charge in [-0.3, -0.25) is 9.59 Å². The molecular weight excluding hydrogens is 192 g/mol. The molecule has 0 spiro atoms. The van der Waals surface area contributed by atoms with Crippen molar-refractivity contribution in [3.63, 3.8) is 0 Å². The molecule has 0 aliphatic rings. The SMILES string of the molecule is CC=CC(=O)CC.CCC(=O)C(O)CC. The molecule has 0 bridgehead atoms. The predicted molar refractivity (Wildman–Crippen MR) is 61.7 cm³/mol. The topological polar surface area (TPSA) is 54.4 Å². The second kappa shape index (κ2) is 11.1. The van der Waals surface area contributed by atoms with Crippen molar-refractivity contribution >= 4 is 11.6 Å². The summed E-state index contributed by atoms with van der Waals surface area (Å²) in [6.07, 6.45) is 4.21. The highest BCUT2D eigenvalue weighted by Crippen LogP contribution is 1.93. The van der Waals surface area contributed by atoms with Gasteiger partial charge in [0.15, 0.2) is 11.6 Å². The van der Waals surface area contributed by atoms with Gasteiger partial charge in [0, 0.05) is 12.8 Å². The summed E-state index contributed by atoms with van der Waals surface area (Å²) in [6, 6.07) is 0. The van der Waals surface area contributed by atoms with Crippen LogP contribution in [-0.2, 0) is 9.59 Å². The van der Waals surface area contributed by atoms with E-state index >= 15 is 0 Å². The highest BCUT2D eigenvalue weighted by molar-refractivity contribution is 5.89. The van der Waals surface area contributed by atoms with Crippen molar-refractivity contribution in [2.75, 3.05) is 0 Å². The number of aliphatic hydroxyl groups is 1. The Labute approximate surface area is 92.2 Å². The van der Waals surface area contributed by atoms with Crippen LogP contribution in [-0.4, -0.2) is 22.8 Å². The molecule has 0 aliphatic heterocycles. The molecule has 3 heteroatoms. The molecular formula is C12H22O3. The van der Waals surface area contributed by atoms with Crippen molar-refractivity contribution in [1.82, 2.24) is 0 Å². The Kier molecular flexibility index (Phi) is 12.2. The van der Waals surface area contributed by atoms with Crippen LogP contribution in [0, 0.1) is 0 Å². The van der Waals surface area contributed by atoms with E-state index in [4.69, 9.17) is 5.11 Å². The van der Waals surface area contributed by atoms with Gasteiger partial charge in [0.05, 0.1) is 0 Å². The van der Waals surface area contributed by atoms with Crippen LogP contribution in [0.15, 0.2) is 12.2 Å². The molecule has 1 unspecified atom stereocenters. The average Bonchev–Trinajstić information content (AvgIpc) is 2.27. The van der Waals surface area contributed by atoms with E-state index in [-0.39, 0.29) is 11.6 Å². The molecule has 0 saturated carbocycles. The van der Waals surface area contributed by atoms with Gasteiger partial charge in [-0.05, 0) is 19.4 Å². The summed E-state index contributed by atoms with van der Waals surface area (Å²) >= 11 is 0. The summed E-state index contributed by atoms with van der Waals surface area (Å²) in [4.78, 5) is 20.8. The highest BCUT2D eigenvalue weighted by Gasteiger charge is 2.07. The predicted octanol–water partition coefficient (Wildman–Crippen LogP) is 2.28. The van der Waals surface area contributed by atoms with E-state index in [1.165, 1.54) is 0 Å². The largest absolute Gasteiger partial charge is 0.385 e. The van der Waals surface area contributed by atoms with Gasteiger partial charge in [-0.1, -0.05) is 26.8 Å². The van der Waals surface area contributed by atoms with Crippen molar-refractivity contribution in [2.24, 2.45) is 0 Å². The standard InChI is InChI=1S/C6H12O2.C6H10O/c1-3-5(7)6(8)4-2;1-3-5-6(7)4-2/h5,7H,3-4H2,1-2H3;3,5H,4H2,1-2H3. The molecule has 0 aromatic heterocycles. The third-order valence-corrected chi connectivity index (χ3v) is 1.81. The van der Waals surface area contributed by atoms with Crippen LogP contribution >= 0.6 is 0 Å². The van der Waals surface area contributed by atoms with Crippen LogP contribution in [0.3, 0.4) is 0 Å². The first kappa shape index (κ1) is 16.5. The van der Waals surface area contributed by atoms with Gasteiger partial charge >= 0.3 is 0 Å². The van der Waals surface area contributed by atoms with Crippen molar-refractivity contribution in [3.05, 3.63) is 12.2 Å². The lowest BCUT2D eigenvalue weighted by molar-refractivity contribution is -0.126. The molecule has 0 fully saturated rings. The molecule has 0 rings (SSSR count). The smallest absolute Gasteiger partial charge is 0.160 e. The zero-order valence-electron chi connectivity index (χ0n) is 10.1. The molecule has 15 heavy (non-hydrogen) atoms. The Morgan fingerprint density at radius 1 is 1.20 bits per heavy atom. The molecule has 3 nitrogen and oxygen atoms in total. The van der Waals surface area contributed by atoms with E-state index in [0.717, 1.165) is 0 Å². The van der Waals surface area contributed by atoms with E-state index in [1.807, 2.05) is 13.8 Å². The minimum Gasteiger partial charge on any atom is -0.385 e. The Morgan fingerprint density at radius 3 is 1.87 bits per heavy atom. The minimum absolute atomic E-state index is 0.0625. The van der Waals surface area contributed by atoms with Crippen molar-refractivity contribution < 1.29 is 14.7 Å². The maximum atomic E-state index is 10.5. The van der Waals surface area contributed by atoms with Gasteiger partial charge in [-0.25, -0.2) is 0 Å². The number of aliphatic hydroxyl groups excluding tert-OH is 1. The molecule has 0 aliphatic carbocycles. The number of carbonyl (C=O) groups excluding carboxylic acids is 2. The zero-order chi connectivity index (χ0) is 12.3. The minimum atomic E-state index is -0.722. The van der Waals surface area contributed by atoms with Crippen LogP contribution in [0.4, 0.5) is 0 Å². The van der Waals surface area contributed by atoms with Gasteiger partial charge in [0.25, 0.3) is 0 Å². The fraction of sp³-hybridized carbons (Fsp3) is 0.667. The van der Waals surface area contributed by atoms with E-state index in [9.17, 15) is 9.59 Å². The fourth-order valence-electron chi connectivity index (χ4n) is 0.767. The molecule has 1 N–H and O–H groups in total. The number of ketones is 2. The monoisotopic (exact) mass is 214 g/mol. The van der Waals surface area contributed by atoms with Crippen LogP contribution < -0.4 is 0 Å². The van der Waals surface area contributed by atoms with Gasteiger partial charge in [0.2, 0.25) is 0 Å². The molecule has 0 radical (unpaired) electrons. The molecule has 88 valence electrons. The van der Waals surface area contributed by atoms with E-state index < -0.39 is 6.10 Å². The first-order chi connectivity index (χ1) is 7.03. The average molecular weight is 214 g/mol. The van der Waals surface area contributed by atoms with Gasteiger partial charge in [-0.15, -0.1) is 0 Å². The summed E-state index contributed by atoms with van der Waals surface area (Å²) in [5, 5.41) is 8.78. The Balaban J connectivity index is 0. The molecule has 0 saturated heterocycles. The number of carbonyl (C=O) groups is 2. The number of rotatable bonds is 5. The van der Waals surface area contributed by atoms with E-state index in [1.54, 1.807) is 26.0 Å². The quantitative estimate of drug-likeness (QED) is 0.714. The lowest BCUT2D eigenvalue weighted by atomic mass is 10.1. The molecule has 1 atom stereocenters. The van der Waals surface area contributed by atoms with Gasteiger partial charge < -0.3 is 5.11 Å². The van der Waals surface area contributed by atoms with Gasteiger partial charge in [-0.2, -0.15) is 0 Å². The van der Waals surface area contributed by atoms with Crippen molar-refractivity contribution in [2.45, 2.75) is 53.1 Å². The number of Topliss-reactive ketones (excluding diaryl/α,β-unsaturated/α-hetero) is 1. The maximum Gasteiger partial charge on any atom is 0.160 e. The lowest BCUT2D eigenvalue weighted by Crippen LogP contribution is -2.17. The fourth-order valence-corrected chi connectivity index (χ4v) is 0.767. The van der Waals surface area contributed by atoms with E-state index in [0.29, 0.717) is 19.3 Å². The normalized spacial score (nSPS) is 11.8. The zero-order valence-corrected chi connectivity index (χ0v) is 10.1. The van der Waals surface area contributed by atoms with Crippen LogP contribution in [0.2, 0.25) is 0 Å². The Hall–Kier alpha value is -0.960. The number of hydrogen-bond acceptors (Lipinski definition) is 3. The van der Waals surface area contributed by atoms with E-state index in [2.05, 4.69) is 0 Å². The third kappa shape index (κ3) is 11.0. The van der Waals surface area contributed by atoms with Crippen molar-refractivity contribution in [1.29, 1.82) is 0 Å². The molecule has 0 heterocycles. The van der Waals surface area contributed by atoms with Crippen LogP contribution in [0.25, 0.3) is 0 Å². The maximum absolute atomic E-state index is 10.5. The molecule has 0 aromatic carbocycles. The summed E-state index contributed by atoms with van der Waals surface area (Å²) in [6.45, 7) is 7.23. The summed E-state index contributed by atoms with van der Waals surface area (Å²) in [5.41, 5.74) is 0. The number of allylic oxidation sites excluding steroid dienone is 2. The first-order valence-corrected chi connectivity index (χ1v) is 5.39. The first-order valence-electron chi connectivity index (χ1n) is 5.39. The summed E-state index contributed by atoms with van der Waals surface area (Å²) < 4.78 is 0.